The maximum Gasteiger partial charge on any atom is 0.306 e. The van der Waals surface area contributed by atoms with Crippen LogP contribution in [0.25, 0.3) is 0 Å². The summed E-state index contributed by atoms with van der Waals surface area (Å²) in [7, 11) is 0. The molecule has 0 fully saturated rings. The van der Waals surface area contributed by atoms with E-state index < -0.39 is 0 Å². The van der Waals surface area contributed by atoms with E-state index in [0.717, 1.165) is 5.56 Å². The lowest BCUT2D eigenvalue weighted by atomic mass is 10.1. The van der Waals surface area contributed by atoms with Crippen molar-refractivity contribution < 1.29 is 9.53 Å². The fourth-order valence-electron chi connectivity index (χ4n) is 2.01. The van der Waals surface area contributed by atoms with Gasteiger partial charge in [-0.25, -0.2) is 4.98 Å². The molecule has 1 heterocycles. The van der Waals surface area contributed by atoms with Crippen LogP contribution in [0.4, 0.5) is 0 Å². The third kappa shape index (κ3) is 5.70. The maximum absolute atomic E-state index is 12.0. The molecule has 1 atom stereocenters. The van der Waals surface area contributed by atoms with Crippen LogP contribution in [0, 0.1) is 5.92 Å². The molecule has 0 aliphatic carbocycles. The Kier molecular flexibility index (Phi) is 7.42. The van der Waals surface area contributed by atoms with Crippen LogP contribution in [-0.4, -0.2) is 15.5 Å². The second-order valence-electron chi connectivity index (χ2n) is 5.39. The van der Waals surface area contributed by atoms with Gasteiger partial charge in [0, 0.05) is 23.8 Å². The third-order valence-corrected chi connectivity index (χ3v) is 3.28. The summed E-state index contributed by atoms with van der Waals surface area (Å²) in [6.07, 6.45) is 5.32. The molecule has 2 rings (SSSR count). The number of halogens is 2. The molecule has 1 aromatic carbocycles. The minimum atomic E-state index is -0.345. The Balaban J connectivity index is 0.00000242. The fourth-order valence-corrected chi connectivity index (χ4v) is 2.14. The van der Waals surface area contributed by atoms with Crippen LogP contribution in [0.3, 0.4) is 0 Å². The predicted octanol–water partition coefficient (Wildman–Crippen LogP) is 4.29. The molecule has 120 valence electrons. The van der Waals surface area contributed by atoms with Crippen molar-refractivity contribution in [3.8, 4) is 0 Å². The third-order valence-electron chi connectivity index (χ3n) is 3.03. The molecule has 0 saturated heterocycles. The standard InChI is InChI=1S/C16H19ClN2O2.ClH/c1-12(2)9-16(20)21-15(10-19-8-7-18-11-19)13-3-5-14(17)6-4-13;/h3-8,11-12,15H,9-10H2,1-2H3;1H. The van der Waals surface area contributed by atoms with Crippen molar-refractivity contribution in [2.45, 2.75) is 32.9 Å². The molecular formula is C16H20Cl2N2O2. The van der Waals surface area contributed by atoms with Crippen molar-refractivity contribution in [1.82, 2.24) is 9.55 Å². The van der Waals surface area contributed by atoms with Gasteiger partial charge in [0.1, 0.15) is 6.10 Å². The van der Waals surface area contributed by atoms with Crippen LogP contribution < -0.4 is 0 Å². The number of benzene rings is 1. The molecule has 0 bridgehead atoms. The van der Waals surface area contributed by atoms with E-state index in [-0.39, 0.29) is 30.4 Å². The molecule has 0 N–H and O–H groups in total. The summed E-state index contributed by atoms with van der Waals surface area (Å²) in [5, 5.41) is 0.661. The first-order chi connectivity index (χ1) is 10.0. The highest BCUT2D eigenvalue weighted by molar-refractivity contribution is 6.30. The van der Waals surface area contributed by atoms with Crippen LogP contribution in [0.5, 0.6) is 0 Å². The number of hydrogen-bond donors (Lipinski definition) is 0. The van der Waals surface area contributed by atoms with E-state index in [2.05, 4.69) is 4.98 Å². The summed E-state index contributed by atoms with van der Waals surface area (Å²) in [6.45, 7) is 4.52. The number of aromatic nitrogens is 2. The molecule has 6 heteroatoms. The molecular weight excluding hydrogens is 323 g/mol. The van der Waals surface area contributed by atoms with Crippen molar-refractivity contribution in [3.63, 3.8) is 0 Å². The van der Waals surface area contributed by atoms with Gasteiger partial charge in [0.2, 0.25) is 0 Å². The summed E-state index contributed by atoms with van der Waals surface area (Å²) < 4.78 is 7.52. The summed E-state index contributed by atoms with van der Waals surface area (Å²) in [5.41, 5.74) is 0.921. The zero-order valence-electron chi connectivity index (χ0n) is 12.6. The smallest absolute Gasteiger partial charge is 0.306 e. The number of nitrogens with zero attached hydrogens (tertiary/aromatic N) is 2. The number of hydrogen-bond acceptors (Lipinski definition) is 3. The van der Waals surface area contributed by atoms with E-state index in [1.54, 1.807) is 24.7 Å². The number of rotatable bonds is 6. The van der Waals surface area contributed by atoms with Gasteiger partial charge in [-0.05, 0) is 23.6 Å². The molecule has 0 aliphatic heterocycles. The summed E-state index contributed by atoms with van der Waals surface area (Å²) in [6, 6.07) is 7.36. The first-order valence-electron chi connectivity index (χ1n) is 6.95. The Hall–Kier alpha value is -1.52. The Bertz CT molecular complexity index is 568. The summed E-state index contributed by atoms with van der Waals surface area (Å²) in [5.74, 6) is 0.0849. The van der Waals surface area contributed by atoms with Crippen molar-refractivity contribution in [1.29, 1.82) is 0 Å². The molecule has 1 unspecified atom stereocenters. The highest BCUT2D eigenvalue weighted by Gasteiger charge is 2.18. The van der Waals surface area contributed by atoms with E-state index in [9.17, 15) is 4.79 Å². The van der Waals surface area contributed by atoms with Crippen molar-refractivity contribution in [2.24, 2.45) is 5.92 Å². The zero-order valence-corrected chi connectivity index (χ0v) is 14.2. The lowest BCUT2D eigenvalue weighted by Gasteiger charge is -2.19. The van der Waals surface area contributed by atoms with Crippen LogP contribution in [0.1, 0.15) is 31.9 Å². The number of carbonyl (C=O) groups excluding carboxylic acids is 1. The zero-order chi connectivity index (χ0) is 15.2. The van der Waals surface area contributed by atoms with Crippen molar-refractivity contribution >= 4 is 30.0 Å². The highest BCUT2D eigenvalue weighted by Crippen LogP contribution is 2.23. The average molecular weight is 343 g/mol. The number of imidazole rings is 1. The minimum absolute atomic E-state index is 0. The van der Waals surface area contributed by atoms with Gasteiger partial charge >= 0.3 is 5.97 Å². The van der Waals surface area contributed by atoms with Gasteiger partial charge in [-0.2, -0.15) is 0 Å². The Morgan fingerprint density at radius 2 is 2.00 bits per heavy atom. The average Bonchev–Trinajstić information content (AvgIpc) is 2.91. The van der Waals surface area contributed by atoms with Gasteiger partial charge in [0.05, 0.1) is 12.9 Å². The second kappa shape index (κ2) is 8.81. The van der Waals surface area contributed by atoms with E-state index in [1.165, 1.54) is 0 Å². The SMILES string of the molecule is CC(C)CC(=O)OC(Cn1ccnc1)c1ccc(Cl)cc1.Cl. The van der Waals surface area contributed by atoms with Gasteiger partial charge in [-0.3, -0.25) is 4.79 Å². The Labute approximate surface area is 141 Å². The molecule has 0 spiro atoms. The van der Waals surface area contributed by atoms with Crippen LogP contribution in [0.15, 0.2) is 43.0 Å². The molecule has 0 radical (unpaired) electrons. The van der Waals surface area contributed by atoms with Gasteiger partial charge in [-0.15, -0.1) is 12.4 Å². The molecule has 2 aromatic rings. The van der Waals surface area contributed by atoms with E-state index in [1.807, 2.05) is 36.7 Å². The quantitative estimate of drug-likeness (QED) is 0.735. The molecule has 4 nitrogen and oxygen atoms in total. The maximum atomic E-state index is 12.0. The first-order valence-corrected chi connectivity index (χ1v) is 7.33. The first kappa shape index (κ1) is 18.5. The largest absolute Gasteiger partial charge is 0.456 e. The van der Waals surface area contributed by atoms with Gasteiger partial charge in [0.25, 0.3) is 0 Å². The number of carbonyl (C=O) groups is 1. The lowest BCUT2D eigenvalue weighted by Crippen LogP contribution is -2.17. The number of ether oxygens (including phenoxy) is 1. The normalized spacial score (nSPS) is 11.8. The van der Waals surface area contributed by atoms with Gasteiger partial charge in [0.15, 0.2) is 0 Å². The molecule has 0 aliphatic rings. The van der Waals surface area contributed by atoms with E-state index >= 15 is 0 Å². The molecule has 1 aromatic heterocycles. The predicted molar refractivity (Wildman–Crippen MR) is 89.2 cm³/mol. The monoisotopic (exact) mass is 342 g/mol. The Morgan fingerprint density at radius 3 is 2.55 bits per heavy atom. The van der Waals surface area contributed by atoms with Crippen LogP contribution in [-0.2, 0) is 16.1 Å². The lowest BCUT2D eigenvalue weighted by molar-refractivity contribution is -0.151. The van der Waals surface area contributed by atoms with Gasteiger partial charge < -0.3 is 9.30 Å². The topological polar surface area (TPSA) is 44.1 Å². The second-order valence-corrected chi connectivity index (χ2v) is 5.82. The molecule has 0 amide bonds. The summed E-state index contributed by atoms with van der Waals surface area (Å²) in [4.78, 5) is 16.0. The van der Waals surface area contributed by atoms with Crippen molar-refractivity contribution in [2.75, 3.05) is 0 Å². The van der Waals surface area contributed by atoms with Crippen LogP contribution >= 0.6 is 24.0 Å². The fraction of sp³-hybridized carbons (Fsp3) is 0.375. The highest BCUT2D eigenvalue weighted by atomic mass is 35.5. The number of esters is 1. The van der Waals surface area contributed by atoms with Crippen molar-refractivity contribution in [3.05, 3.63) is 53.6 Å². The summed E-state index contributed by atoms with van der Waals surface area (Å²) >= 11 is 5.91. The molecule has 0 saturated carbocycles. The van der Waals surface area contributed by atoms with E-state index in [0.29, 0.717) is 18.0 Å². The molecule has 22 heavy (non-hydrogen) atoms. The Morgan fingerprint density at radius 1 is 1.32 bits per heavy atom. The van der Waals surface area contributed by atoms with Gasteiger partial charge in [-0.1, -0.05) is 37.6 Å². The minimum Gasteiger partial charge on any atom is -0.456 e. The van der Waals surface area contributed by atoms with E-state index in [4.69, 9.17) is 16.3 Å². The van der Waals surface area contributed by atoms with Crippen LogP contribution in [0.2, 0.25) is 5.02 Å².